The summed E-state index contributed by atoms with van der Waals surface area (Å²) in [6.07, 6.45) is 0.644. The standard InChI is InChI=1S/C13H18O5S/c1-10-4-3-5-11(6-10)13(9-19(2,15)16)17-8-12(7-14)18-13/h3-6,12,14H,7-9H2,1-2H3/t12-,13+/m1/s1. The molecule has 1 aliphatic rings. The molecule has 0 saturated carbocycles. The summed E-state index contributed by atoms with van der Waals surface area (Å²) in [6.45, 7) is 1.90. The van der Waals surface area contributed by atoms with E-state index in [4.69, 9.17) is 14.6 Å². The van der Waals surface area contributed by atoms with Crippen molar-refractivity contribution in [1.82, 2.24) is 0 Å². The first kappa shape index (κ1) is 14.5. The number of rotatable bonds is 4. The van der Waals surface area contributed by atoms with Crippen LogP contribution in [0.25, 0.3) is 0 Å². The number of aryl methyl sites for hydroxylation is 1. The molecule has 6 heteroatoms. The Hall–Kier alpha value is -0.950. The highest BCUT2D eigenvalue weighted by Crippen LogP contribution is 2.35. The van der Waals surface area contributed by atoms with Crippen molar-refractivity contribution in [2.75, 3.05) is 25.2 Å². The lowest BCUT2D eigenvalue weighted by molar-refractivity contribution is -0.162. The highest BCUT2D eigenvalue weighted by molar-refractivity contribution is 7.90. The Labute approximate surface area is 113 Å². The molecule has 0 radical (unpaired) electrons. The molecule has 19 heavy (non-hydrogen) atoms. The number of aliphatic hydroxyl groups excluding tert-OH is 1. The number of hydrogen-bond donors (Lipinski definition) is 1. The van der Waals surface area contributed by atoms with Gasteiger partial charge in [0.15, 0.2) is 9.84 Å². The molecule has 0 unspecified atom stereocenters. The minimum absolute atomic E-state index is 0.181. The van der Waals surface area contributed by atoms with Gasteiger partial charge in [-0.25, -0.2) is 8.42 Å². The predicted molar refractivity (Wildman–Crippen MR) is 70.5 cm³/mol. The Morgan fingerprint density at radius 1 is 1.47 bits per heavy atom. The highest BCUT2D eigenvalue weighted by Gasteiger charge is 2.45. The number of hydrogen-bond acceptors (Lipinski definition) is 5. The molecule has 2 atom stereocenters. The fourth-order valence-corrected chi connectivity index (χ4v) is 3.20. The first-order valence-corrected chi connectivity index (χ1v) is 8.08. The SMILES string of the molecule is Cc1cccc([C@@]2(CS(C)(=O)=O)OC[C@@H](CO)O2)c1. The molecular weight excluding hydrogens is 268 g/mol. The van der Waals surface area contributed by atoms with E-state index in [1.807, 2.05) is 25.1 Å². The Balaban J connectivity index is 2.40. The van der Waals surface area contributed by atoms with E-state index < -0.39 is 21.7 Å². The average molecular weight is 286 g/mol. The van der Waals surface area contributed by atoms with Crippen LogP contribution in [-0.4, -0.2) is 44.9 Å². The topological polar surface area (TPSA) is 72.8 Å². The van der Waals surface area contributed by atoms with Gasteiger partial charge in [-0.2, -0.15) is 0 Å². The monoisotopic (exact) mass is 286 g/mol. The summed E-state index contributed by atoms with van der Waals surface area (Å²) in [6, 6.07) is 7.35. The maximum absolute atomic E-state index is 11.6. The zero-order valence-electron chi connectivity index (χ0n) is 11.0. The molecule has 5 nitrogen and oxygen atoms in total. The third-order valence-electron chi connectivity index (χ3n) is 2.97. The summed E-state index contributed by atoms with van der Waals surface area (Å²) in [5, 5.41) is 9.14. The summed E-state index contributed by atoms with van der Waals surface area (Å²) >= 11 is 0. The van der Waals surface area contributed by atoms with Crippen LogP contribution >= 0.6 is 0 Å². The van der Waals surface area contributed by atoms with Crippen molar-refractivity contribution in [3.8, 4) is 0 Å². The van der Waals surface area contributed by atoms with E-state index in [9.17, 15) is 8.42 Å². The van der Waals surface area contributed by atoms with Crippen molar-refractivity contribution in [1.29, 1.82) is 0 Å². The second kappa shape index (κ2) is 5.20. The zero-order chi connectivity index (χ0) is 14.1. The molecule has 0 spiro atoms. The third-order valence-corrected chi connectivity index (χ3v) is 3.88. The van der Waals surface area contributed by atoms with Gasteiger partial charge in [0.05, 0.1) is 13.2 Å². The lowest BCUT2D eigenvalue weighted by Gasteiger charge is -2.28. The molecule has 0 amide bonds. The minimum Gasteiger partial charge on any atom is -0.394 e. The quantitative estimate of drug-likeness (QED) is 0.877. The Morgan fingerprint density at radius 3 is 2.74 bits per heavy atom. The number of aliphatic hydroxyl groups is 1. The Morgan fingerprint density at radius 2 is 2.21 bits per heavy atom. The summed E-state index contributed by atoms with van der Waals surface area (Å²) < 4.78 is 34.5. The zero-order valence-corrected chi connectivity index (χ0v) is 11.8. The summed E-state index contributed by atoms with van der Waals surface area (Å²) in [4.78, 5) is 0. The van der Waals surface area contributed by atoms with Gasteiger partial charge >= 0.3 is 0 Å². The van der Waals surface area contributed by atoms with E-state index in [1.54, 1.807) is 6.07 Å². The van der Waals surface area contributed by atoms with Crippen LogP contribution in [0.3, 0.4) is 0 Å². The van der Waals surface area contributed by atoms with Gasteiger partial charge in [-0.3, -0.25) is 0 Å². The van der Waals surface area contributed by atoms with E-state index in [0.717, 1.165) is 11.8 Å². The second-order valence-electron chi connectivity index (χ2n) is 4.93. The lowest BCUT2D eigenvalue weighted by Crippen LogP contribution is -2.36. The van der Waals surface area contributed by atoms with Crippen LogP contribution in [0.5, 0.6) is 0 Å². The first-order chi connectivity index (χ1) is 8.85. The first-order valence-electron chi connectivity index (χ1n) is 6.02. The molecule has 1 saturated heterocycles. The molecule has 1 heterocycles. The van der Waals surface area contributed by atoms with E-state index in [2.05, 4.69) is 0 Å². The fraction of sp³-hybridized carbons (Fsp3) is 0.538. The number of ether oxygens (including phenoxy) is 2. The number of sulfone groups is 1. The van der Waals surface area contributed by atoms with Crippen LogP contribution in [0, 0.1) is 6.92 Å². The van der Waals surface area contributed by atoms with Gasteiger partial charge in [-0.05, 0) is 6.92 Å². The van der Waals surface area contributed by atoms with Crippen LogP contribution in [-0.2, 0) is 25.1 Å². The van der Waals surface area contributed by atoms with Crippen molar-refractivity contribution in [2.24, 2.45) is 0 Å². The molecule has 0 bridgehead atoms. The summed E-state index contributed by atoms with van der Waals surface area (Å²) in [5.41, 5.74) is 1.65. The molecule has 0 aromatic heterocycles. The van der Waals surface area contributed by atoms with E-state index in [1.165, 1.54) is 0 Å². The largest absolute Gasteiger partial charge is 0.394 e. The van der Waals surface area contributed by atoms with Gasteiger partial charge in [-0.1, -0.05) is 29.8 Å². The molecule has 1 aromatic carbocycles. The average Bonchev–Trinajstić information content (AvgIpc) is 2.71. The van der Waals surface area contributed by atoms with Gasteiger partial charge in [0.1, 0.15) is 11.9 Å². The molecular formula is C13H18O5S. The van der Waals surface area contributed by atoms with E-state index in [-0.39, 0.29) is 19.0 Å². The predicted octanol–water partition coefficient (Wildman–Crippen LogP) is 0.600. The van der Waals surface area contributed by atoms with Gasteiger partial charge in [0, 0.05) is 11.8 Å². The minimum atomic E-state index is -3.29. The smallest absolute Gasteiger partial charge is 0.209 e. The second-order valence-corrected chi connectivity index (χ2v) is 7.07. The molecule has 1 fully saturated rings. The van der Waals surface area contributed by atoms with Crippen molar-refractivity contribution in [3.63, 3.8) is 0 Å². The maximum atomic E-state index is 11.6. The molecule has 1 aromatic rings. The molecule has 0 aliphatic carbocycles. The normalized spacial score (nSPS) is 27.6. The van der Waals surface area contributed by atoms with Crippen LogP contribution in [0.1, 0.15) is 11.1 Å². The lowest BCUT2D eigenvalue weighted by atomic mass is 10.0. The van der Waals surface area contributed by atoms with E-state index >= 15 is 0 Å². The summed E-state index contributed by atoms with van der Waals surface area (Å²) in [7, 11) is -3.29. The molecule has 1 N–H and O–H groups in total. The van der Waals surface area contributed by atoms with Crippen molar-refractivity contribution in [3.05, 3.63) is 35.4 Å². The van der Waals surface area contributed by atoms with Crippen molar-refractivity contribution < 1.29 is 23.0 Å². The van der Waals surface area contributed by atoms with Gasteiger partial charge < -0.3 is 14.6 Å². The Kier molecular flexibility index (Phi) is 3.96. The van der Waals surface area contributed by atoms with Crippen LogP contribution < -0.4 is 0 Å². The molecule has 106 valence electrons. The van der Waals surface area contributed by atoms with Crippen molar-refractivity contribution in [2.45, 2.75) is 18.8 Å². The third kappa shape index (κ3) is 3.33. The van der Waals surface area contributed by atoms with Crippen molar-refractivity contribution >= 4 is 9.84 Å². The van der Waals surface area contributed by atoms with Crippen LogP contribution in [0.2, 0.25) is 0 Å². The Bertz CT molecular complexity index is 554. The van der Waals surface area contributed by atoms with Gasteiger partial charge in [0.25, 0.3) is 0 Å². The molecule has 1 aliphatic heterocycles. The van der Waals surface area contributed by atoms with Crippen LogP contribution in [0.15, 0.2) is 24.3 Å². The summed E-state index contributed by atoms with van der Waals surface area (Å²) in [5.74, 6) is -1.58. The van der Waals surface area contributed by atoms with Gasteiger partial charge in [-0.15, -0.1) is 0 Å². The fourth-order valence-electron chi connectivity index (χ4n) is 2.19. The van der Waals surface area contributed by atoms with E-state index in [0.29, 0.717) is 5.56 Å². The highest BCUT2D eigenvalue weighted by atomic mass is 32.2. The number of benzene rings is 1. The maximum Gasteiger partial charge on any atom is 0.209 e. The van der Waals surface area contributed by atoms with Crippen LogP contribution in [0.4, 0.5) is 0 Å². The molecule has 2 rings (SSSR count). The van der Waals surface area contributed by atoms with Gasteiger partial charge in [0.2, 0.25) is 5.79 Å².